The van der Waals surface area contributed by atoms with Crippen molar-refractivity contribution < 1.29 is 9.53 Å². The lowest BCUT2D eigenvalue weighted by Gasteiger charge is -2.10. The predicted octanol–water partition coefficient (Wildman–Crippen LogP) is 6.44. The first kappa shape index (κ1) is 20.9. The number of ether oxygens (including phenoxy) is 1. The van der Waals surface area contributed by atoms with Crippen LogP contribution in [0.3, 0.4) is 0 Å². The zero-order chi connectivity index (χ0) is 20.6. The molecule has 0 amide bonds. The maximum Gasteiger partial charge on any atom is 0.338 e. The molecule has 150 valence electrons. The lowest BCUT2D eigenvalue weighted by Crippen LogP contribution is -2.08. The van der Waals surface area contributed by atoms with Crippen molar-refractivity contribution >= 4 is 5.97 Å². The Morgan fingerprint density at radius 2 is 1.28 bits per heavy atom. The third-order valence-electron chi connectivity index (χ3n) is 5.47. The van der Waals surface area contributed by atoms with E-state index in [-0.39, 0.29) is 5.97 Å². The molecule has 0 N–H and O–H groups in total. The van der Waals surface area contributed by atoms with Crippen LogP contribution in [0.15, 0.2) is 66.7 Å². The molecule has 3 rings (SSSR count). The van der Waals surface area contributed by atoms with Gasteiger partial charge in [-0.3, -0.25) is 0 Å². The molecule has 0 aromatic heterocycles. The first-order valence-electron chi connectivity index (χ1n) is 10.6. The van der Waals surface area contributed by atoms with Gasteiger partial charge in [-0.2, -0.15) is 0 Å². The average molecular weight is 387 g/mol. The second-order valence-electron chi connectivity index (χ2n) is 7.32. The SMILES string of the molecule is CCc1ccc(-c2ccc(C(=O)OCCc3ccc(CC)c(CC)c3)cc2)cc1. The van der Waals surface area contributed by atoms with Gasteiger partial charge in [0.1, 0.15) is 0 Å². The molecule has 0 radical (unpaired) electrons. The van der Waals surface area contributed by atoms with Crippen LogP contribution in [0.2, 0.25) is 0 Å². The average Bonchev–Trinajstić information content (AvgIpc) is 2.79. The van der Waals surface area contributed by atoms with Crippen LogP contribution in [0.4, 0.5) is 0 Å². The number of esters is 1. The predicted molar refractivity (Wildman–Crippen MR) is 120 cm³/mol. The van der Waals surface area contributed by atoms with E-state index in [2.05, 4.69) is 63.2 Å². The van der Waals surface area contributed by atoms with Gasteiger partial charge in [-0.05, 0) is 64.8 Å². The minimum absolute atomic E-state index is 0.265. The zero-order valence-electron chi connectivity index (χ0n) is 17.7. The number of hydrogen-bond acceptors (Lipinski definition) is 2. The molecule has 0 aliphatic rings. The van der Waals surface area contributed by atoms with Crippen LogP contribution in [0.5, 0.6) is 0 Å². The Hall–Kier alpha value is -2.87. The Morgan fingerprint density at radius 3 is 1.86 bits per heavy atom. The van der Waals surface area contributed by atoms with Gasteiger partial charge in [-0.15, -0.1) is 0 Å². The molecule has 0 spiro atoms. The molecular formula is C27H30O2. The van der Waals surface area contributed by atoms with Gasteiger partial charge in [0.2, 0.25) is 0 Å². The molecule has 0 aliphatic heterocycles. The summed E-state index contributed by atoms with van der Waals surface area (Å²) in [7, 11) is 0. The van der Waals surface area contributed by atoms with Gasteiger partial charge < -0.3 is 4.74 Å². The molecule has 0 heterocycles. The van der Waals surface area contributed by atoms with Crippen molar-refractivity contribution in [2.75, 3.05) is 6.61 Å². The van der Waals surface area contributed by atoms with E-state index in [0.717, 1.165) is 36.8 Å². The van der Waals surface area contributed by atoms with E-state index in [9.17, 15) is 4.79 Å². The van der Waals surface area contributed by atoms with Crippen LogP contribution >= 0.6 is 0 Å². The van der Waals surface area contributed by atoms with Crippen LogP contribution in [0.1, 0.15) is 53.4 Å². The fourth-order valence-corrected chi connectivity index (χ4v) is 3.59. The van der Waals surface area contributed by atoms with E-state index in [0.29, 0.717) is 12.2 Å². The summed E-state index contributed by atoms with van der Waals surface area (Å²) >= 11 is 0. The van der Waals surface area contributed by atoms with Crippen LogP contribution in [-0.2, 0) is 30.4 Å². The van der Waals surface area contributed by atoms with Gasteiger partial charge in [0.25, 0.3) is 0 Å². The normalized spacial score (nSPS) is 10.7. The van der Waals surface area contributed by atoms with Crippen molar-refractivity contribution in [3.05, 3.63) is 94.5 Å². The van der Waals surface area contributed by atoms with Crippen LogP contribution < -0.4 is 0 Å². The van der Waals surface area contributed by atoms with Crippen LogP contribution in [-0.4, -0.2) is 12.6 Å². The molecule has 0 saturated carbocycles. The Morgan fingerprint density at radius 1 is 0.690 bits per heavy atom. The van der Waals surface area contributed by atoms with Crippen molar-refractivity contribution in [2.24, 2.45) is 0 Å². The molecule has 0 aliphatic carbocycles. The number of benzene rings is 3. The number of carbonyl (C=O) groups excluding carboxylic acids is 1. The van der Waals surface area contributed by atoms with E-state index in [1.807, 2.05) is 24.3 Å². The minimum atomic E-state index is -0.265. The largest absolute Gasteiger partial charge is 0.462 e. The van der Waals surface area contributed by atoms with Crippen molar-refractivity contribution in [2.45, 2.75) is 46.5 Å². The molecule has 0 saturated heterocycles. The molecule has 3 aromatic carbocycles. The molecule has 2 heteroatoms. The summed E-state index contributed by atoms with van der Waals surface area (Å²) < 4.78 is 5.50. The molecular weight excluding hydrogens is 356 g/mol. The first-order valence-corrected chi connectivity index (χ1v) is 10.6. The first-order chi connectivity index (χ1) is 14.1. The van der Waals surface area contributed by atoms with Gasteiger partial charge in [0.05, 0.1) is 12.2 Å². The highest BCUT2D eigenvalue weighted by atomic mass is 16.5. The molecule has 0 atom stereocenters. The number of hydrogen-bond donors (Lipinski definition) is 0. The lowest BCUT2D eigenvalue weighted by atomic mass is 9.99. The van der Waals surface area contributed by atoms with Gasteiger partial charge in [-0.25, -0.2) is 4.79 Å². The highest BCUT2D eigenvalue weighted by Crippen LogP contribution is 2.21. The number of aryl methyl sites for hydroxylation is 3. The van der Waals surface area contributed by atoms with Gasteiger partial charge in [0, 0.05) is 6.42 Å². The molecule has 0 fully saturated rings. The fourth-order valence-electron chi connectivity index (χ4n) is 3.59. The Balaban J connectivity index is 1.57. The van der Waals surface area contributed by atoms with Crippen molar-refractivity contribution in [1.82, 2.24) is 0 Å². The van der Waals surface area contributed by atoms with E-state index < -0.39 is 0 Å². The summed E-state index contributed by atoms with van der Waals surface area (Å²) in [6.07, 6.45) is 3.86. The van der Waals surface area contributed by atoms with Gasteiger partial charge in [-0.1, -0.05) is 75.4 Å². The van der Waals surface area contributed by atoms with E-state index in [4.69, 9.17) is 4.74 Å². The van der Waals surface area contributed by atoms with Crippen LogP contribution in [0.25, 0.3) is 11.1 Å². The van der Waals surface area contributed by atoms with Crippen LogP contribution in [0, 0.1) is 0 Å². The summed E-state index contributed by atoms with van der Waals surface area (Å²) in [4.78, 5) is 12.4. The molecule has 2 nitrogen and oxygen atoms in total. The summed E-state index contributed by atoms with van der Waals surface area (Å²) in [6.45, 7) is 6.91. The maximum absolute atomic E-state index is 12.4. The van der Waals surface area contributed by atoms with E-state index in [1.54, 1.807) is 0 Å². The highest BCUT2D eigenvalue weighted by Gasteiger charge is 2.08. The maximum atomic E-state index is 12.4. The highest BCUT2D eigenvalue weighted by molar-refractivity contribution is 5.90. The monoisotopic (exact) mass is 386 g/mol. The quantitative estimate of drug-likeness (QED) is 0.416. The topological polar surface area (TPSA) is 26.3 Å². The Kier molecular flexibility index (Phi) is 7.24. The molecule has 0 bridgehead atoms. The lowest BCUT2D eigenvalue weighted by molar-refractivity contribution is 0.0509. The summed E-state index contributed by atoms with van der Waals surface area (Å²) in [5.74, 6) is -0.265. The van der Waals surface area contributed by atoms with E-state index >= 15 is 0 Å². The number of rotatable bonds is 8. The standard InChI is InChI=1S/C27H30O2/c1-4-20-7-11-24(12-8-20)25-13-15-26(16-14-25)27(28)29-18-17-21-9-10-22(5-2)23(6-3)19-21/h7-16,19H,4-6,17-18H2,1-3H3. The second-order valence-corrected chi connectivity index (χ2v) is 7.32. The summed E-state index contributed by atoms with van der Waals surface area (Å²) in [6, 6.07) is 22.8. The van der Waals surface area contributed by atoms with Crippen molar-refractivity contribution in [3.8, 4) is 11.1 Å². The number of carbonyl (C=O) groups is 1. The molecule has 29 heavy (non-hydrogen) atoms. The minimum Gasteiger partial charge on any atom is -0.462 e. The molecule has 0 unspecified atom stereocenters. The third kappa shape index (κ3) is 5.35. The summed E-state index contributed by atoms with van der Waals surface area (Å²) in [5, 5.41) is 0. The van der Waals surface area contributed by atoms with Gasteiger partial charge >= 0.3 is 5.97 Å². The van der Waals surface area contributed by atoms with E-state index in [1.165, 1.54) is 22.3 Å². The fraction of sp³-hybridized carbons (Fsp3) is 0.296. The van der Waals surface area contributed by atoms with Crippen molar-refractivity contribution in [3.63, 3.8) is 0 Å². The Labute approximate surface area is 174 Å². The zero-order valence-corrected chi connectivity index (χ0v) is 17.7. The third-order valence-corrected chi connectivity index (χ3v) is 5.47. The van der Waals surface area contributed by atoms with Gasteiger partial charge in [0.15, 0.2) is 0 Å². The second kappa shape index (κ2) is 10.1. The smallest absolute Gasteiger partial charge is 0.338 e. The Bertz CT molecular complexity index is 937. The summed E-state index contributed by atoms with van der Waals surface area (Å²) in [5.41, 5.74) is 8.19. The van der Waals surface area contributed by atoms with Crippen molar-refractivity contribution in [1.29, 1.82) is 0 Å². The molecule has 3 aromatic rings.